The minimum Gasteiger partial charge on any atom is -0.367 e. The van der Waals surface area contributed by atoms with Crippen molar-refractivity contribution in [2.75, 3.05) is 49.5 Å². The molecule has 2 aliphatic heterocycles. The van der Waals surface area contributed by atoms with Gasteiger partial charge in [-0.15, -0.1) is 0 Å². The van der Waals surface area contributed by atoms with Crippen molar-refractivity contribution in [3.8, 4) is 0 Å². The highest BCUT2D eigenvalue weighted by atomic mass is 35.5. The van der Waals surface area contributed by atoms with Crippen LogP contribution in [0, 0.1) is 0 Å². The number of carbonyl (C=O) groups excluding carboxylic acids is 1. The van der Waals surface area contributed by atoms with E-state index in [0.29, 0.717) is 35.2 Å². The summed E-state index contributed by atoms with van der Waals surface area (Å²) in [6.07, 6.45) is 1.67. The smallest absolute Gasteiger partial charge is 0.255 e. The van der Waals surface area contributed by atoms with E-state index in [4.69, 9.17) is 34.8 Å². The molecule has 2 aliphatic rings. The summed E-state index contributed by atoms with van der Waals surface area (Å²) in [7, 11) is 0. The summed E-state index contributed by atoms with van der Waals surface area (Å²) in [5, 5.41) is 5.40. The molecular formula is C26H26Cl3N5O. The molecule has 1 N–H and O–H groups in total. The summed E-state index contributed by atoms with van der Waals surface area (Å²) in [6.45, 7) is 6.01. The third kappa shape index (κ3) is 5.67. The Morgan fingerprint density at radius 3 is 2.40 bits per heavy atom. The number of aromatic nitrogens is 1. The zero-order chi connectivity index (χ0) is 24.4. The van der Waals surface area contributed by atoms with E-state index in [-0.39, 0.29) is 5.91 Å². The summed E-state index contributed by atoms with van der Waals surface area (Å²) >= 11 is 18.6. The second-order valence-electron chi connectivity index (χ2n) is 8.87. The van der Waals surface area contributed by atoms with Crippen LogP contribution in [0.1, 0.15) is 21.5 Å². The second kappa shape index (κ2) is 10.6. The lowest BCUT2D eigenvalue weighted by Gasteiger charge is -2.35. The van der Waals surface area contributed by atoms with Crippen molar-refractivity contribution < 1.29 is 4.79 Å². The van der Waals surface area contributed by atoms with Crippen LogP contribution in [0.2, 0.25) is 15.1 Å². The van der Waals surface area contributed by atoms with Crippen molar-refractivity contribution in [3.05, 3.63) is 86.5 Å². The number of carbonyl (C=O) groups is 1. The molecule has 3 aromatic rings. The first kappa shape index (κ1) is 24.2. The molecule has 1 amide bonds. The topological polar surface area (TPSA) is 51.7 Å². The van der Waals surface area contributed by atoms with E-state index in [1.54, 1.807) is 12.3 Å². The summed E-state index contributed by atoms with van der Waals surface area (Å²) in [5.41, 5.74) is 3.67. The lowest BCUT2D eigenvalue weighted by Crippen LogP contribution is -2.48. The van der Waals surface area contributed by atoms with Gasteiger partial charge in [-0.05, 0) is 47.5 Å². The first-order valence-electron chi connectivity index (χ1n) is 11.6. The molecular weight excluding hydrogens is 505 g/mol. The number of piperazine rings is 1. The molecule has 2 aromatic carbocycles. The number of nitrogens with zero attached hydrogens (tertiary/aromatic N) is 4. The molecule has 0 unspecified atom stereocenters. The summed E-state index contributed by atoms with van der Waals surface area (Å²) < 4.78 is 0. The first-order chi connectivity index (χ1) is 17.0. The van der Waals surface area contributed by atoms with E-state index in [2.05, 4.69) is 32.2 Å². The maximum Gasteiger partial charge on any atom is 0.255 e. The molecule has 0 aliphatic carbocycles. The van der Waals surface area contributed by atoms with Gasteiger partial charge in [0, 0.05) is 73.6 Å². The molecule has 0 spiro atoms. The highest BCUT2D eigenvalue weighted by Crippen LogP contribution is 2.31. The normalized spacial score (nSPS) is 16.1. The largest absolute Gasteiger partial charge is 0.367 e. The van der Waals surface area contributed by atoms with Crippen LogP contribution in [0.3, 0.4) is 0 Å². The number of hydrogen-bond acceptors (Lipinski definition) is 5. The maximum atomic E-state index is 13.3. The van der Waals surface area contributed by atoms with E-state index in [1.807, 2.05) is 35.2 Å². The van der Waals surface area contributed by atoms with E-state index < -0.39 is 0 Å². The van der Waals surface area contributed by atoms with E-state index in [9.17, 15) is 4.79 Å². The van der Waals surface area contributed by atoms with Crippen molar-refractivity contribution in [3.63, 3.8) is 0 Å². The van der Waals surface area contributed by atoms with E-state index in [0.717, 1.165) is 54.8 Å². The van der Waals surface area contributed by atoms with E-state index >= 15 is 0 Å². The van der Waals surface area contributed by atoms with Crippen LogP contribution in [0.4, 0.5) is 11.5 Å². The monoisotopic (exact) mass is 529 g/mol. The number of halogens is 3. The molecule has 3 heterocycles. The standard InChI is InChI=1S/C26H26Cl3N5O/c27-21-3-1-18(2-4-21)16-32-9-11-33(12-10-32)26(35)19-14-24-25(31-15-19)30-7-8-34(24)17-20-13-22(28)5-6-23(20)29/h1-6,13-15H,7-12,16-17H2,(H,30,31). The average Bonchev–Trinajstić information content (AvgIpc) is 2.87. The quantitative estimate of drug-likeness (QED) is 0.477. The number of pyridine rings is 1. The molecule has 1 fully saturated rings. The third-order valence-electron chi connectivity index (χ3n) is 6.48. The van der Waals surface area contributed by atoms with Crippen molar-refractivity contribution in [1.29, 1.82) is 0 Å². The highest BCUT2D eigenvalue weighted by molar-refractivity contribution is 6.33. The Morgan fingerprint density at radius 1 is 0.886 bits per heavy atom. The minimum absolute atomic E-state index is 0.0118. The zero-order valence-electron chi connectivity index (χ0n) is 19.2. The van der Waals surface area contributed by atoms with Crippen molar-refractivity contribution in [2.45, 2.75) is 13.1 Å². The fourth-order valence-corrected chi connectivity index (χ4v) is 5.05. The SMILES string of the molecule is O=C(c1cnc2c(c1)N(Cc1cc(Cl)ccc1Cl)CCN2)N1CCN(Cc2ccc(Cl)cc2)CC1. The lowest BCUT2D eigenvalue weighted by atomic mass is 10.1. The Bertz CT molecular complexity index is 1210. The van der Waals surface area contributed by atoms with Gasteiger partial charge in [-0.25, -0.2) is 4.98 Å². The Hall–Kier alpha value is -2.51. The highest BCUT2D eigenvalue weighted by Gasteiger charge is 2.25. The third-order valence-corrected chi connectivity index (χ3v) is 7.33. The predicted molar refractivity (Wildman–Crippen MR) is 143 cm³/mol. The van der Waals surface area contributed by atoms with Crippen molar-refractivity contribution in [1.82, 2.24) is 14.8 Å². The number of nitrogens with one attached hydrogen (secondary N) is 1. The molecule has 0 radical (unpaired) electrons. The Kier molecular flexibility index (Phi) is 7.35. The molecule has 6 nitrogen and oxygen atoms in total. The van der Waals surface area contributed by atoms with Gasteiger partial charge in [-0.1, -0.05) is 46.9 Å². The van der Waals surface area contributed by atoms with Crippen molar-refractivity contribution >= 4 is 52.2 Å². The molecule has 182 valence electrons. The number of benzene rings is 2. The number of rotatable bonds is 5. The van der Waals surface area contributed by atoms with Gasteiger partial charge in [-0.2, -0.15) is 0 Å². The van der Waals surface area contributed by atoms with Crippen LogP contribution in [0.15, 0.2) is 54.7 Å². The van der Waals surface area contributed by atoms with Crippen LogP contribution >= 0.6 is 34.8 Å². The molecule has 5 rings (SSSR count). The van der Waals surface area contributed by atoms with Crippen LogP contribution in [-0.4, -0.2) is 60.0 Å². The zero-order valence-corrected chi connectivity index (χ0v) is 21.5. The molecule has 0 bridgehead atoms. The van der Waals surface area contributed by atoms with E-state index in [1.165, 1.54) is 5.56 Å². The minimum atomic E-state index is 0.0118. The van der Waals surface area contributed by atoms with Gasteiger partial charge in [-0.3, -0.25) is 9.69 Å². The number of fused-ring (bicyclic) bond motifs is 1. The van der Waals surface area contributed by atoms with Crippen LogP contribution < -0.4 is 10.2 Å². The first-order valence-corrected chi connectivity index (χ1v) is 12.8. The fraction of sp³-hybridized carbons (Fsp3) is 0.308. The second-order valence-corrected chi connectivity index (χ2v) is 10.2. The van der Waals surface area contributed by atoms with Gasteiger partial charge in [0.15, 0.2) is 0 Å². The molecule has 0 atom stereocenters. The molecule has 1 aromatic heterocycles. The lowest BCUT2D eigenvalue weighted by molar-refractivity contribution is 0.0628. The molecule has 1 saturated heterocycles. The predicted octanol–water partition coefficient (Wildman–Crippen LogP) is 5.43. The maximum absolute atomic E-state index is 13.3. The van der Waals surface area contributed by atoms with Crippen LogP contribution in [-0.2, 0) is 13.1 Å². The molecule has 35 heavy (non-hydrogen) atoms. The Labute approximate surface area is 220 Å². The van der Waals surface area contributed by atoms with Gasteiger partial charge < -0.3 is 15.1 Å². The van der Waals surface area contributed by atoms with Gasteiger partial charge in [0.2, 0.25) is 0 Å². The average molecular weight is 531 g/mol. The summed E-state index contributed by atoms with van der Waals surface area (Å²) in [6, 6.07) is 15.4. The number of amides is 1. The Morgan fingerprint density at radius 2 is 1.63 bits per heavy atom. The Balaban J connectivity index is 1.26. The summed E-state index contributed by atoms with van der Waals surface area (Å²) in [4.78, 5) is 24.4. The molecule has 9 heteroatoms. The van der Waals surface area contributed by atoms with Crippen LogP contribution in [0.5, 0.6) is 0 Å². The van der Waals surface area contributed by atoms with Gasteiger partial charge >= 0.3 is 0 Å². The number of hydrogen-bond donors (Lipinski definition) is 1. The summed E-state index contributed by atoms with van der Waals surface area (Å²) in [5.74, 6) is 0.788. The van der Waals surface area contributed by atoms with Crippen LogP contribution in [0.25, 0.3) is 0 Å². The van der Waals surface area contributed by atoms with Gasteiger partial charge in [0.25, 0.3) is 5.91 Å². The van der Waals surface area contributed by atoms with Gasteiger partial charge in [0.05, 0.1) is 11.3 Å². The van der Waals surface area contributed by atoms with Gasteiger partial charge in [0.1, 0.15) is 5.82 Å². The van der Waals surface area contributed by atoms with Crippen molar-refractivity contribution in [2.24, 2.45) is 0 Å². The molecule has 0 saturated carbocycles. The number of anilines is 2. The fourth-order valence-electron chi connectivity index (χ4n) is 4.55.